The highest BCUT2D eigenvalue weighted by Gasteiger charge is 2.12. The summed E-state index contributed by atoms with van der Waals surface area (Å²) in [6.07, 6.45) is 0. The van der Waals surface area contributed by atoms with Gasteiger partial charge in [0.15, 0.2) is 0 Å². The molecule has 0 bridgehead atoms. The Bertz CT molecular complexity index is 581. The van der Waals surface area contributed by atoms with E-state index in [1.165, 1.54) is 5.56 Å². The molecule has 2 rings (SSSR count). The summed E-state index contributed by atoms with van der Waals surface area (Å²) < 4.78 is 0. The number of hydrogen-bond acceptors (Lipinski definition) is 1. The number of nitrogens with one attached hydrogen (secondary N) is 1. The van der Waals surface area contributed by atoms with E-state index in [4.69, 9.17) is 34.8 Å². The predicted molar refractivity (Wildman–Crippen MR) is 87.9 cm³/mol. The molecule has 0 heterocycles. The lowest BCUT2D eigenvalue weighted by Gasteiger charge is -2.21. The standard InChI is InChI=1S/C16H16Cl3N/c1-10(12-3-6-14(17)7-4-12)20-11(2)13-5-8-15(18)16(19)9-13/h3-11,20H,1-2H3/t10-,11?/m0/s1. The fourth-order valence-electron chi connectivity index (χ4n) is 2.10. The fraction of sp³-hybridized carbons (Fsp3) is 0.250. The molecule has 20 heavy (non-hydrogen) atoms. The van der Waals surface area contributed by atoms with Crippen molar-refractivity contribution in [3.05, 3.63) is 68.7 Å². The topological polar surface area (TPSA) is 12.0 Å². The molecule has 2 atom stereocenters. The first-order chi connectivity index (χ1) is 9.47. The normalized spacial score (nSPS) is 14.1. The van der Waals surface area contributed by atoms with E-state index in [1.54, 1.807) is 0 Å². The SMILES string of the molecule is CC(N[C@@H](C)c1ccc(Cl)cc1)c1ccc(Cl)c(Cl)c1. The summed E-state index contributed by atoms with van der Waals surface area (Å²) in [6.45, 7) is 4.23. The zero-order valence-corrected chi connectivity index (χ0v) is 13.6. The van der Waals surface area contributed by atoms with Crippen molar-refractivity contribution in [2.75, 3.05) is 0 Å². The molecule has 0 amide bonds. The monoisotopic (exact) mass is 327 g/mol. The van der Waals surface area contributed by atoms with Crippen LogP contribution in [0.2, 0.25) is 15.1 Å². The minimum Gasteiger partial charge on any atom is -0.304 e. The highest BCUT2D eigenvalue weighted by atomic mass is 35.5. The van der Waals surface area contributed by atoms with E-state index < -0.39 is 0 Å². The Kier molecular flexibility index (Phi) is 5.34. The molecule has 0 saturated carbocycles. The number of rotatable bonds is 4. The van der Waals surface area contributed by atoms with Crippen LogP contribution >= 0.6 is 34.8 Å². The smallest absolute Gasteiger partial charge is 0.0595 e. The van der Waals surface area contributed by atoms with Gasteiger partial charge in [0.1, 0.15) is 0 Å². The van der Waals surface area contributed by atoms with Gasteiger partial charge in [-0.3, -0.25) is 0 Å². The zero-order valence-electron chi connectivity index (χ0n) is 11.3. The Morgan fingerprint density at radius 2 is 1.30 bits per heavy atom. The van der Waals surface area contributed by atoms with Gasteiger partial charge in [-0.1, -0.05) is 53.0 Å². The Labute approximate surface area is 134 Å². The molecule has 0 spiro atoms. The maximum absolute atomic E-state index is 6.05. The van der Waals surface area contributed by atoms with E-state index in [2.05, 4.69) is 19.2 Å². The number of hydrogen-bond donors (Lipinski definition) is 1. The molecule has 0 aliphatic heterocycles. The van der Waals surface area contributed by atoms with Gasteiger partial charge in [0.2, 0.25) is 0 Å². The summed E-state index contributed by atoms with van der Waals surface area (Å²) in [4.78, 5) is 0. The molecule has 0 aliphatic rings. The molecular formula is C16H16Cl3N. The first-order valence-corrected chi connectivity index (χ1v) is 7.57. The maximum atomic E-state index is 6.05. The van der Waals surface area contributed by atoms with Crippen molar-refractivity contribution in [2.45, 2.75) is 25.9 Å². The van der Waals surface area contributed by atoms with Gasteiger partial charge in [-0.2, -0.15) is 0 Å². The first kappa shape index (κ1) is 15.7. The van der Waals surface area contributed by atoms with Crippen LogP contribution in [0.5, 0.6) is 0 Å². The largest absolute Gasteiger partial charge is 0.304 e. The summed E-state index contributed by atoms with van der Waals surface area (Å²) in [5, 5.41) is 5.44. The Morgan fingerprint density at radius 1 is 0.750 bits per heavy atom. The van der Waals surface area contributed by atoms with Gasteiger partial charge in [0.25, 0.3) is 0 Å². The van der Waals surface area contributed by atoms with Gasteiger partial charge in [-0.05, 0) is 49.2 Å². The average molecular weight is 329 g/mol. The summed E-state index contributed by atoms with van der Waals surface area (Å²) in [7, 11) is 0. The zero-order chi connectivity index (χ0) is 14.7. The minimum absolute atomic E-state index is 0.176. The lowest BCUT2D eigenvalue weighted by molar-refractivity contribution is 0.495. The molecule has 0 radical (unpaired) electrons. The van der Waals surface area contributed by atoms with Crippen LogP contribution in [0.25, 0.3) is 0 Å². The van der Waals surface area contributed by atoms with Crippen LogP contribution in [0.3, 0.4) is 0 Å². The maximum Gasteiger partial charge on any atom is 0.0595 e. The van der Waals surface area contributed by atoms with Crippen LogP contribution in [0.15, 0.2) is 42.5 Å². The second-order valence-corrected chi connectivity index (χ2v) is 6.09. The third-order valence-electron chi connectivity index (χ3n) is 3.31. The molecule has 2 aromatic rings. The third kappa shape index (κ3) is 3.89. The number of benzene rings is 2. The van der Waals surface area contributed by atoms with Gasteiger partial charge in [0.05, 0.1) is 10.0 Å². The molecule has 0 fully saturated rings. The van der Waals surface area contributed by atoms with E-state index in [0.29, 0.717) is 10.0 Å². The van der Waals surface area contributed by atoms with E-state index >= 15 is 0 Å². The Hall–Kier alpha value is -0.730. The second-order valence-electron chi connectivity index (χ2n) is 4.84. The molecule has 1 nitrogen and oxygen atoms in total. The van der Waals surface area contributed by atoms with E-state index in [9.17, 15) is 0 Å². The molecule has 0 aliphatic carbocycles. The predicted octanol–water partition coefficient (Wildman–Crippen LogP) is 6.06. The van der Waals surface area contributed by atoms with Gasteiger partial charge in [0, 0.05) is 17.1 Å². The van der Waals surface area contributed by atoms with E-state index in [0.717, 1.165) is 10.6 Å². The van der Waals surface area contributed by atoms with Crippen LogP contribution in [0.1, 0.15) is 37.1 Å². The fourth-order valence-corrected chi connectivity index (χ4v) is 2.53. The van der Waals surface area contributed by atoms with Crippen LogP contribution in [0, 0.1) is 0 Å². The third-order valence-corrected chi connectivity index (χ3v) is 4.30. The second kappa shape index (κ2) is 6.82. The van der Waals surface area contributed by atoms with Crippen molar-refractivity contribution in [3.8, 4) is 0 Å². The van der Waals surface area contributed by atoms with Crippen molar-refractivity contribution < 1.29 is 0 Å². The summed E-state index contributed by atoms with van der Waals surface area (Å²) in [5.41, 5.74) is 2.31. The molecule has 106 valence electrons. The van der Waals surface area contributed by atoms with Crippen molar-refractivity contribution in [1.29, 1.82) is 0 Å². The van der Waals surface area contributed by atoms with E-state index in [-0.39, 0.29) is 12.1 Å². The van der Waals surface area contributed by atoms with Crippen molar-refractivity contribution >= 4 is 34.8 Å². The van der Waals surface area contributed by atoms with Gasteiger partial charge < -0.3 is 5.32 Å². The lowest BCUT2D eigenvalue weighted by atomic mass is 10.0. The highest BCUT2D eigenvalue weighted by Crippen LogP contribution is 2.27. The quantitative estimate of drug-likeness (QED) is 0.719. The summed E-state index contributed by atoms with van der Waals surface area (Å²) in [6, 6.07) is 14.0. The van der Waals surface area contributed by atoms with Crippen LogP contribution in [-0.4, -0.2) is 0 Å². The summed E-state index contributed by atoms with van der Waals surface area (Å²) >= 11 is 17.9. The van der Waals surface area contributed by atoms with Crippen molar-refractivity contribution in [2.24, 2.45) is 0 Å². The molecule has 4 heteroatoms. The Balaban J connectivity index is 2.08. The average Bonchev–Trinajstić information content (AvgIpc) is 2.42. The van der Waals surface area contributed by atoms with Gasteiger partial charge in [-0.25, -0.2) is 0 Å². The van der Waals surface area contributed by atoms with E-state index in [1.807, 2.05) is 42.5 Å². The first-order valence-electron chi connectivity index (χ1n) is 6.44. The molecule has 1 N–H and O–H groups in total. The van der Waals surface area contributed by atoms with Gasteiger partial charge in [-0.15, -0.1) is 0 Å². The van der Waals surface area contributed by atoms with Crippen molar-refractivity contribution in [1.82, 2.24) is 5.32 Å². The van der Waals surface area contributed by atoms with Crippen LogP contribution in [0.4, 0.5) is 0 Å². The molecular weight excluding hydrogens is 313 g/mol. The molecule has 1 unspecified atom stereocenters. The lowest BCUT2D eigenvalue weighted by Crippen LogP contribution is -2.22. The van der Waals surface area contributed by atoms with Crippen LogP contribution in [-0.2, 0) is 0 Å². The molecule has 0 saturated heterocycles. The Morgan fingerprint density at radius 3 is 1.90 bits per heavy atom. The molecule has 0 aromatic heterocycles. The van der Waals surface area contributed by atoms with Gasteiger partial charge >= 0.3 is 0 Å². The van der Waals surface area contributed by atoms with Crippen molar-refractivity contribution in [3.63, 3.8) is 0 Å². The van der Waals surface area contributed by atoms with Crippen LogP contribution < -0.4 is 5.32 Å². The number of halogens is 3. The highest BCUT2D eigenvalue weighted by molar-refractivity contribution is 6.42. The minimum atomic E-state index is 0.176. The summed E-state index contributed by atoms with van der Waals surface area (Å²) in [5.74, 6) is 0. The molecule has 2 aromatic carbocycles.